The first-order chi connectivity index (χ1) is 31.3. The number of H-pyrrole nitrogens is 2. The molecule has 0 spiro atoms. The average Bonchev–Trinajstić information content (AvgIpc) is 3.99. The molecule has 2 aromatic heterocycles. The Morgan fingerprint density at radius 1 is 0.286 bits per heavy atom. The number of hydrogen-bond acceptors (Lipinski definition) is 0. The van der Waals surface area contributed by atoms with Crippen molar-refractivity contribution in [1.82, 2.24) is 9.97 Å². The van der Waals surface area contributed by atoms with Crippen molar-refractivity contribution in [2.24, 2.45) is 0 Å². The Morgan fingerprint density at radius 3 is 1.05 bits per heavy atom. The number of hydrogen-bond donors (Lipinski definition) is 2. The maximum absolute atomic E-state index is 3.69. The highest BCUT2D eigenvalue weighted by Gasteiger charge is 2.41. The van der Waals surface area contributed by atoms with Crippen molar-refractivity contribution in [3.63, 3.8) is 0 Å². The third-order valence-electron chi connectivity index (χ3n) is 15.0. The van der Waals surface area contributed by atoms with Gasteiger partial charge in [0.25, 0.3) is 0 Å². The van der Waals surface area contributed by atoms with Gasteiger partial charge in [0.05, 0.1) is 0 Å². The van der Waals surface area contributed by atoms with Gasteiger partial charge in [0, 0.05) is 49.0 Å². The molecule has 2 nitrogen and oxygen atoms in total. The van der Waals surface area contributed by atoms with E-state index in [4.69, 9.17) is 0 Å². The highest BCUT2D eigenvalue weighted by atomic mass is 14.7. The van der Waals surface area contributed by atoms with Crippen LogP contribution in [0.5, 0.6) is 0 Å². The largest absolute Gasteiger partial charge is 0.354 e. The molecule has 326 valence electrons. The number of benzene rings is 6. The average molecular weight is 833 g/mol. The molecule has 0 aliphatic heterocycles. The summed E-state index contributed by atoms with van der Waals surface area (Å²) in [5.41, 5.74) is 14.6. The lowest BCUT2D eigenvalue weighted by Crippen LogP contribution is -2.25. The van der Waals surface area contributed by atoms with Gasteiger partial charge in [0.1, 0.15) is 0 Å². The molecule has 2 N–H and O–H groups in total. The van der Waals surface area contributed by atoms with E-state index < -0.39 is 0 Å². The molecule has 2 heteroatoms. The van der Waals surface area contributed by atoms with Crippen molar-refractivity contribution in [1.29, 1.82) is 0 Å². The van der Waals surface area contributed by atoms with Gasteiger partial charge < -0.3 is 9.97 Å². The Hall–Kier alpha value is -5.08. The van der Waals surface area contributed by atoms with Gasteiger partial charge in [0.2, 0.25) is 0 Å². The minimum absolute atomic E-state index is 0.187. The second-order valence-corrected chi connectivity index (χ2v) is 19.3. The second-order valence-electron chi connectivity index (χ2n) is 19.3. The minimum Gasteiger partial charge on any atom is -0.354 e. The molecule has 0 radical (unpaired) electrons. The van der Waals surface area contributed by atoms with E-state index in [2.05, 4.69) is 143 Å². The topological polar surface area (TPSA) is 31.6 Å². The molecule has 9 rings (SSSR count). The van der Waals surface area contributed by atoms with Crippen molar-refractivity contribution >= 4 is 43.6 Å². The smallest absolute Gasteiger partial charge is 0.0497 e. The van der Waals surface area contributed by atoms with E-state index >= 15 is 0 Å². The molecule has 0 amide bonds. The maximum atomic E-state index is 3.69. The molecule has 0 bridgehead atoms. The fraction of sp³-hybridized carbons (Fsp3) is 0.410. The lowest BCUT2D eigenvalue weighted by molar-refractivity contribution is 0.397. The van der Waals surface area contributed by atoms with E-state index in [1.165, 1.54) is 220 Å². The van der Waals surface area contributed by atoms with Crippen LogP contribution in [0.1, 0.15) is 164 Å². The lowest BCUT2D eigenvalue weighted by Gasteiger charge is -2.33. The summed E-state index contributed by atoms with van der Waals surface area (Å²) >= 11 is 0. The number of nitrogens with one attached hydrogen (secondary N) is 2. The Labute approximate surface area is 378 Å². The Balaban J connectivity index is 0.651. The number of aromatic amines is 2. The van der Waals surface area contributed by atoms with E-state index in [1.807, 2.05) is 0 Å². The summed E-state index contributed by atoms with van der Waals surface area (Å²) in [4.78, 5) is 7.39. The number of rotatable bonds is 26. The second kappa shape index (κ2) is 21.5. The minimum atomic E-state index is 0.187. The van der Waals surface area contributed by atoms with Crippen LogP contribution in [0, 0.1) is 0 Å². The van der Waals surface area contributed by atoms with Gasteiger partial charge in [-0.15, -0.1) is 0 Å². The molecule has 6 aromatic carbocycles. The molecule has 8 aromatic rings. The SMILES string of the molecule is c1ccc2c(c1)-c1ccccc1C2(CCCCCCCCCCCCc1cccc2c1[nH]c1ccccc12)CCCCCCCCCCCCc1cccc2c1[nH]c1ccccc12. The summed E-state index contributed by atoms with van der Waals surface area (Å²) in [5.74, 6) is 0. The number of aromatic nitrogens is 2. The van der Waals surface area contributed by atoms with Crippen LogP contribution in [0.2, 0.25) is 0 Å². The normalized spacial score (nSPS) is 13.1. The molecule has 0 saturated carbocycles. The number of para-hydroxylation sites is 4. The van der Waals surface area contributed by atoms with E-state index in [1.54, 1.807) is 11.1 Å². The fourth-order valence-electron chi connectivity index (χ4n) is 11.7. The molecule has 1 aliphatic rings. The third-order valence-corrected chi connectivity index (χ3v) is 15.0. The van der Waals surface area contributed by atoms with E-state index in [9.17, 15) is 0 Å². The summed E-state index contributed by atoms with van der Waals surface area (Å²) < 4.78 is 0. The number of fused-ring (bicyclic) bond motifs is 9. The Morgan fingerprint density at radius 2 is 0.619 bits per heavy atom. The first kappa shape index (κ1) is 43.2. The van der Waals surface area contributed by atoms with Crippen LogP contribution in [0.3, 0.4) is 0 Å². The fourth-order valence-corrected chi connectivity index (χ4v) is 11.7. The first-order valence-electron chi connectivity index (χ1n) is 25.5. The van der Waals surface area contributed by atoms with E-state index in [0.717, 1.165) is 0 Å². The van der Waals surface area contributed by atoms with Gasteiger partial charge >= 0.3 is 0 Å². The predicted molar refractivity (Wildman–Crippen MR) is 273 cm³/mol. The van der Waals surface area contributed by atoms with Gasteiger partial charge in [0.15, 0.2) is 0 Å². The standard InChI is InChI=1S/C61H72N2/c1(5-9-13-17-31-47-33-29-39-53-51-37-21-25-43-57(51)62-59(47)53)3-7-11-15-27-45-61(55-41-23-19-35-49(55)50-36-20-24-42-56(50)61)46-28-16-12-8-4-2-6-10-14-18-32-48-34-30-40-54-52-38-22-26-44-58(52)63-60(48)54/h19-26,29-30,33-44,62-63H,1-18,27-28,31-32,45-46H2. The molecule has 0 saturated heterocycles. The third kappa shape index (κ3) is 10.0. The van der Waals surface area contributed by atoms with Crippen LogP contribution in [0.4, 0.5) is 0 Å². The molecule has 1 aliphatic carbocycles. The van der Waals surface area contributed by atoms with Crippen LogP contribution < -0.4 is 0 Å². The monoisotopic (exact) mass is 833 g/mol. The summed E-state index contributed by atoms with van der Waals surface area (Å²) in [7, 11) is 0. The quantitative estimate of drug-likeness (QED) is 0.0510. The van der Waals surface area contributed by atoms with Crippen LogP contribution in [-0.2, 0) is 18.3 Å². The lowest BCUT2D eigenvalue weighted by atomic mass is 9.70. The maximum Gasteiger partial charge on any atom is 0.0497 e. The molecule has 0 unspecified atom stereocenters. The zero-order valence-electron chi connectivity index (χ0n) is 38.2. The van der Waals surface area contributed by atoms with E-state index in [-0.39, 0.29) is 5.41 Å². The van der Waals surface area contributed by atoms with Crippen LogP contribution in [-0.4, -0.2) is 9.97 Å². The molecular formula is C61H72N2. The number of aryl methyl sites for hydroxylation is 2. The van der Waals surface area contributed by atoms with Gasteiger partial charge in [-0.25, -0.2) is 0 Å². The predicted octanol–water partition coefficient (Wildman–Crippen LogP) is 18.3. The van der Waals surface area contributed by atoms with Gasteiger partial charge in [-0.3, -0.25) is 0 Å². The van der Waals surface area contributed by atoms with Gasteiger partial charge in [-0.2, -0.15) is 0 Å². The summed E-state index contributed by atoms with van der Waals surface area (Å²) in [6.07, 6.45) is 32.3. The van der Waals surface area contributed by atoms with Gasteiger partial charge in [-0.1, -0.05) is 237 Å². The van der Waals surface area contributed by atoms with Crippen molar-refractivity contribution < 1.29 is 0 Å². The van der Waals surface area contributed by atoms with Gasteiger partial charge in [-0.05, 0) is 84.0 Å². The van der Waals surface area contributed by atoms with Crippen molar-refractivity contribution in [3.8, 4) is 11.1 Å². The Bertz CT molecular complexity index is 2490. The summed E-state index contributed by atoms with van der Waals surface area (Å²) in [5, 5.41) is 5.44. The van der Waals surface area contributed by atoms with Crippen LogP contribution in [0.25, 0.3) is 54.7 Å². The highest BCUT2D eigenvalue weighted by Crippen LogP contribution is 2.54. The molecular weight excluding hydrogens is 761 g/mol. The zero-order valence-corrected chi connectivity index (χ0v) is 38.2. The zero-order chi connectivity index (χ0) is 42.5. The molecule has 2 heterocycles. The Kier molecular flexibility index (Phi) is 14.8. The summed E-state index contributed by atoms with van der Waals surface area (Å²) in [6, 6.07) is 49.9. The van der Waals surface area contributed by atoms with Crippen molar-refractivity contribution in [3.05, 3.63) is 156 Å². The number of unbranched alkanes of at least 4 members (excludes halogenated alkanes) is 18. The first-order valence-corrected chi connectivity index (χ1v) is 25.5. The molecule has 63 heavy (non-hydrogen) atoms. The van der Waals surface area contributed by atoms with Crippen molar-refractivity contribution in [2.75, 3.05) is 0 Å². The highest BCUT2D eigenvalue weighted by molar-refractivity contribution is 6.09. The van der Waals surface area contributed by atoms with Crippen molar-refractivity contribution in [2.45, 2.75) is 160 Å². The van der Waals surface area contributed by atoms with E-state index in [0.29, 0.717) is 0 Å². The van der Waals surface area contributed by atoms with Crippen LogP contribution in [0.15, 0.2) is 133 Å². The molecule has 0 atom stereocenters. The molecule has 0 fully saturated rings. The van der Waals surface area contributed by atoms with Crippen LogP contribution >= 0.6 is 0 Å². The summed E-state index contributed by atoms with van der Waals surface area (Å²) in [6.45, 7) is 0.